The van der Waals surface area contributed by atoms with E-state index in [4.69, 9.17) is 4.74 Å². The van der Waals surface area contributed by atoms with Gasteiger partial charge in [0.15, 0.2) is 0 Å². The van der Waals surface area contributed by atoms with Crippen molar-refractivity contribution >= 4 is 26.8 Å². The Morgan fingerprint density at radius 2 is 1.76 bits per heavy atom. The molecule has 0 atom stereocenters. The first-order valence-electron chi connectivity index (χ1n) is 7.99. The molecule has 2 nitrogen and oxygen atoms in total. The van der Waals surface area contributed by atoms with Gasteiger partial charge in [-0.2, -0.15) is 0 Å². The number of pyridine rings is 1. The maximum absolute atomic E-state index is 5.92. The van der Waals surface area contributed by atoms with Gasteiger partial charge in [-0.05, 0) is 24.6 Å². The number of ether oxygens (including phenoxy) is 1. The molecule has 114 valence electrons. The Labute approximate surface area is 136 Å². The summed E-state index contributed by atoms with van der Waals surface area (Å²) < 4.78 is 6.98. The van der Waals surface area contributed by atoms with Gasteiger partial charge in [0.1, 0.15) is 11.3 Å². The van der Waals surface area contributed by atoms with E-state index in [0.717, 1.165) is 34.2 Å². The largest absolute Gasteiger partial charge is 0.491 e. The zero-order valence-corrected chi connectivity index (χ0v) is 14.4. The Balaban J connectivity index is 1.78. The van der Waals surface area contributed by atoms with Crippen LogP contribution in [0.3, 0.4) is 0 Å². The van der Waals surface area contributed by atoms with Crippen molar-refractivity contribution in [3.05, 3.63) is 34.9 Å². The summed E-state index contributed by atoms with van der Waals surface area (Å²) in [5.74, 6) is 0.889. The average molecular weight is 350 g/mol. The second kappa shape index (κ2) is 9.04. The molecular formula is C18H24BrNO. The molecule has 0 unspecified atom stereocenters. The van der Waals surface area contributed by atoms with E-state index in [0.29, 0.717) is 0 Å². The molecule has 0 saturated heterocycles. The van der Waals surface area contributed by atoms with Gasteiger partial charge in [-0.1, -0.05) is 67.4 Å². The second-order valence-electron chi connectivity index (χ2n) is 5.41. The van der Waals surface area contributed by atoms with Crippen molar-refractivity contribution in [3.63, 3.8) is 0 Å². The standard InChI is InChI=1S/C18H24BrNO/c1-2-3-4-5-6-7-8-14-21-17-12-11-16(19)15-10-9-13-20-18(15)17/h9-13H,2-8,14H2,1H3. The Bertz CT molecular complexity index is 556. The van der Waals surface area contributed by atoms with Crippen molar-refractivity contribution in [2.75, 3.05) is 6.61 Å². The molecule has 21 heavy (non-hydrogen) atoms. The lowest BCUT2D eigenvalue weighted by Gasteiger charge is -2.09. The summed E-state index contributed by atoms with van der Waals surface area (Å²) in [5.41, 5.74) is 0.940. The topological polar surface area (TPSA) is 22.1 Å². The van der Waals surface area contributed by atoms with Crippen LogP contribution < -0.4 is 4.74 Å². The molecule has 0 saturated carbocycles. The molecule has 0 aliphatic carbocycles. The van der Waals surface area contributed by atoms with Crippen molar-refractivity contribution in [2.24, 2.45) is 0 Å². The summed E-state index contributed by atoms with van der Waals surface area (Å²) in [6, 6.07) is 8.05. The Morgan fingerprint density at radius 1 is 1.00 bits per heavy atom. The first-order valence-corrected chi connectivity index (χ1v) is 8.78. The first-order chi connectivity index (χ1) is 10.3. The SMILES string of the molecule is CCCCCCCCCOc1ccc(Br)c2cccnc12. The van der Waals surface area contributed by atoms with Crippen LogP contribution in [-0.4, -0.2) is 11.6 Å². The van der Waals surface area contributed by atoms with E-state index in [1.54, 1.807) is 0 Å². The fraction of sp³-hybridized carbons (Fsp3) is 0.500. The van der Waals surface area contributed by atoms with E-state index in [-0.39, 0.29) is 0 Å². The van der Waals surface area contributed by atoms with Crippen LogP contribution in [0.25, 0.3) is 10.9 Å². The van der Waals surface area contributed by atoms with Crippen LogP contribution in [0.5, 0.6) is 5.75 Å². The first kappa shape index (κ1) is 16.3. The Morgan fingerprint density at radius 3 is 2.57 bits per heavy atom. The molecule has 0 N–H and O–H groups in total. The predicted octanol–water partition coefficient (Wildman–Crippen LogP) is 6.13. The second-order valence-corrected chi connectivity index (χ2v) is 6.27. The molecule has 0 fully saturated rings. The summed E-state index contributed by atoms with van der Waals surface area (Å²) in [6.07, 6.45) is 10.9. The highest BCUT2D eigenvalue weighted by Crippen LogP contribution is 2.29. The fourth-order valence-corrected chi connectivity index (χ4v) is 2.92. The summed E-state index contributed by atoms with van der Waals surface area (Å²) >= 11 is 3.56. The van der Waals surface area contributed by atoms with Crippen LogP contribution in [0.15, 0.2) is 34.9 Å². The van der Waals surface area contributed by atoms with Gasteiger partial charge in [-0.25, -0.2) is 0 Å². The molecule has 0 aliphatic heterocycles. The van der Waals surface area contributed by atoms with Crippen molar-refractivity contribution in [1.82, 2.24) is 4.98 Å². The molecular weight excluding hydrogens is 326 g/mol. The third-order valence-electron chi connectivity index (χ3n) is 3.68. The van der Waals surface area contributed by atoms with Crippen molar-refractivity contribution < 1.29 is 4.74 Å². The van der Waals surface area contributed by atoms with Gasteiger partial charge in [-0.15, -0.1) is 0 Å². The molecule has 3 heteroatoms. The molecule has 1 heterocycles. The van der Waals surface area contributed by atoms with Crippen LogP contribution >= 0.6 is 15.9 Å². The van der Waals surface area contributed by atoms with Crippen LogP contribution in [0, 0.1) is 0 Å². The van der Waals surface area contributed by atoms with Gasteiger partial charge < -0.3 is 4.74 Å². The summed E-state index contributed by atoms with van der Waals surface area (Å²) in [6.45, 7) is 3.03. The zero-order chi connectivity index (χ0) is 14.9. The monoisotopic (exact) mass is 349 g/mol. The van der Waals surface area contributed by atoms with Crippen LogP contribution in [0.2, 0.25) is 0 Å². The van der Waals surface area contributed by atoms with E-state index < -0.39 is 0 Å². The number of unbranched alkanes of at least 4 members (excludes halogenated alkanes) is 6. The van der Waals surface area contributed by atoms with Gasteiger partial charge in [0.2, 0.25) is 0 Å². The van der Waals surface area contributed by atoms with Crippen molar-refractivity contribution in [3.8, 4) is 5.75 Å². The molecule has 0 amide bonds. The predicted molar refractivity (Wildman–Crippen MR) is 92.9 cm³/mol. The number of halogens is 1. The van der Waals surface area contributed by atoms with Crippen LogP contribution in [0.4, 0.5) is 0 Å². The van der Waals surface area contributed by atoms with Gasteiger partial charge in [0, 0.05) is 16.1 Å². The highest BCUT2D eigenvalue weighted by atomic mass is 79.9. The normalized spacial score (nSPS) is 11.0. The molecule has 2 aromatic rings. The lowest BCUT2D eigenvalue weighted by atomic mass is 10.1. The maximum atomic E-state index is 5.92. The van der Waals surface area contributed by atoms with Gasteiger partial charge in [-0.3, -0.25) is 4.98 Å². The molecule has 0 aliphatic rings. The minimum atomic E-state index is 0.779. The molecule has 1 aromatic heterocycles. The maximum Gasteiger partial charge on any atom is 0.145 e. The van der Waals surface area contributed by atoms with Gasteiger partial charge >= 0.3 is 0 Å². The van der Waals surface area contributed by atoms with Crippen LogP contribution in [0.1, 0.15) is 51.9 Å². The number of benzene rings is 1. The van der Waals surface area contributed by atoms with E-state index in [1.165, 1.54) is 38.5 Å². The summed E-state index contributed by atoms with van der Waals surface area (Å²) in [7, 11) is 0. The molecule has 2 rings (SSSR count). The molecule has 0 spiro atoms. The van der Waals surface area contributed by atoms with E-state index in [1.807, 2.05) is 24.4 Å². The summed E-state index contributed by atoms with van der Waals surface area (Å²) in [4.78, 5) is 4.44. The Kier molecular flexibility index (Phi) is 7.01. The smallest absolute Gasteiger partial charge is 0.145 e. The van der Waals surface area contributed by atoms with E-state index in [2.05, 4.69) is 33.9 Å². The quantitative estimate of drug-likeness (QED) is 0.508. The van der Waals surface area contributed by atoms with Gasteiger partial charge in [0.05, 0.1) is 6.61 Å². The number of rotatable bonds is 9. The molecule has 0 radical (unpaired) electrons. The number of fused-ring (bicyclic) bond motifs is 1. The Hall–Kier alpha value is -1.09. The van der Waals surface area contributed by atoms with Crippen LogP contribution in [-0.2, 0) is 0 Å². The van der Waals surface area contributed by atoms with E-state index >= 15 is 0 Å². The minimum absolute atomic E-state index is 0.779. The summed E-state index contributed by atoms with van der Waals surface area (Å²) in [5, 5.41) is 1.11. The minimum Gasteiger partial charge on any atom is -0.491 e. The number of hydrogen-bond donors (Lipinski definition) is 0. The number of aromatic nitrogens is 1. The molecule has 1 aromatic carbocycles. The zero-order valence-electron chi connectivity index (χ0n) is 12.8. The average Bonchev–Trinajstić information content (AvgIpc) is 2.52. The lowest BCUT2D eigenvalue weighted by Crippen LogP contribution is -1.98. The highest BCUT2D eigenvalue weighted by Gasteiger charge is 2.06. The highest BCUT2D eigenvalue weighted by molar-refractivity contribution is 9.10. The lowest BCUT2D eigenvalue weighted by molar-refractivity contribution is 0.307. The fourth-order valence-electron chi connectivity index (χ4n) is 2.47. The molecule has 0 bridgehead atoms. The van der Waals surface area contributed by atoms with Gasteiger partial charge in [0.25, 0.3) is 0 Å². The third-order valence-corrected chi connectivity index (χ3v) is 4.38. The van der Waals surface area contributed by atoms with Crippen molar-refractivity contribution in [1.29, 1.82) is 0 Å². The van der Waals surface area contributed by atoms with E-state index in [9.17, 15) is 0 Å². The number of hydrogen-bond acceptors (Lipinski definition) is 2. The van der Waals surface area contributed by atoms with Crippen molar-refractivity contribution in [2.45, 2.75) is 51.9 Å². The number of nitrogens with zero attached hydrogens (tertiary/aromatic N) is 1. The third kappa shape index (κ3) is 4.99.